The Labute approximate surface area is 91.6 Å². The predicted octanol–water partition coefficient (Wildman–Crippen LogP) is 2.76. The summed E-state index contributed by atoms with van der Waals surface area (Å²) < 4.78 is 4.68. The number of hydrogen-bond donors (Lipinski definition) is 1. The molecule has 0 radical (unpaired) electrons. The first-order chi connectivity index (χ1) is 7.40. The van der Waals surface area contributed by atoms with Gasteiger partial charge in [0.2, 0.25) is 0 Å². The fraction of sp³-hybridized carbons (Fsp3) is 0.0833. The summed E-state index contributed by atoms with van der Waals surface area (Å²) in [5.41, 5.74) is 1.02. The second-order valence-electron chi connectivity index (χ2n) is 3.16. The van der Waals surface area contributed by atoms with Crippen LogP contribution < -0.4 is 0 Å². The van der Waals surface area contributed by atoms with Gasteiger partial charge in [-0.25, -0.2) is 0 Å². The van der Waals surface area contributed by atoms with Crippen molar-refractivity contribution in [3.8, 4) is 0 Å². The van der Waals surface area contributed by atoms with Crippen molar-refractivity contribution >= 4 is 17.4 Å². The number of benzene rings is 1. The summed E-state index contributed by atoms with van der Waals surface area (Å²) in [6.07, 6.45) is 4.16. The Balaban J connectivity index is 2.06. The van der Waals surface area contributed by atoms with Crippen molar-refractivity contribution in [2.75, 3.05) is 0 Å². The van der Waals surface area contributed by atoms with Gasteiger partial charge in [-0.2, -0.15) is 10.9 Å². The lowest BCUT2D eigenvalue weighted by atomic mass is 10.2. The van der Waals surface area contributed by atoms with Gasteiger partial charge in [0, 0.05) is 0 Å². The minimum atomic E-state index is -0.237. The van der Waals surface area contributed by atoms with Crippen molar-refractivity contribution in [3.63, 3.8) is 0 Å². The predicted molar refractivity (Wildman–Crippen MR) is 62.8 cm³/mol. The molecule has 78 valence electrons. The molecule has 15 heavy (non-hydrogen) atoms. The molecule has 1 aromatic carbocycles. The Kier molecular flexibility index (Phi) is 3.25. The fourth-order valence-corrected chi connectivity index (χ4v) is 2.91. The number of hydrogen-bond acceptors (Lipinski definition) is 2. The van der Waals surface area contributed by atoms with E-state index in [1.54, 1.807) is 0 Å². The highest BCUT2D eigenvalue weighted by Crippen LogP contribution is 2.41. The largest absolute Gasteiger partial charge is 0.463 e. The highest BCUT2D eigenvalue weighted by Gasteiger charge is 2.02. The summed E-state index contributed by atoms with van der Waals surface area (Å²) >= 11 is 0. The highest BCUT2D eigenvalue weighted by atomic mass is 32.2. The maximum atomic E-state index is 10.0. The van der Waals surface area contributed by atoms with Gasteiger partial charge in [0.05, 0.1) is 0 Å². The van der Waals surface area contributed by atoms with E-state index in [2.05, 4.69) is 39.8 Å². The Bertz CT molecular complexity index is 381. The zero-order chi connectivity index (χ0) is 10.5. The fourth-order valence-electron chi connectivity index (χ4n) is 1.40. The summed E-state index contributed by atoms with van der Waals surface area (Å²) in [4.78, 5) is 11.3. The zero-order valence-corrected chi connectivity index (χ0v) is 9.06. The average Bonchev–Trinajstić information content (AvgIpc) is 2.80. The molecule has 0 spiro atoms. The van der Waals surface area contributed by atoms with Gasteiger partial charge in [-0.3, -0.25) is 4.79 Å². The summed E-state index contributed by atoms with van der Waals surface area (Å²) in [5.74, 6) is 0. The van der Waals surface area contributed by atoms with Crippen molar-refractivity contribution in [1.29, 1.82) is 0 Å². The molecule has 0 bridgehead atoms. The van der Waals surface area contributed by atoms with Crippen molar-refractivity contribution < 1.29 is 9.53 Å². The third-order valence-electron chi connectivity index (χ3n) is 2.16. The van der Waals surface area contributed by atoms with Crippen LogP contribution in [-0.2, 0) is 16.1 Å². The topological polar surface area (TPSA) is 26.3 Å². The minimum Gasteiger partial charge on any atom is -0.463 e. The molecule has 0 saturated carbocycles. The average molecular weight is 220 g/mol. The first kappa shape index (κ1) is 10.1. The van der Waals surface area contributed by atoms with Crippen molar-refractivity contribution in [1.82, 2.24) is 0 Å². The number of thiol groups is 1. The molecule has 2 rings (SSSR count). The lowest BCUT2D eigenvalue weighted by Crippen LogP contribution is -1.89. The number of allylic oxidation sites excluding steroid dienone is 2. The second kappa shape index (κ2) is 4.84. The van der Waals surface area contributed by atoms with E-state index in [0.29, 0.717) is 13.1 Å². The van der Waals surface area contributed by atoms with Crippen LogP contribution in [0.1, 0.15) is 5.56 Å². The Morgan fingerprint density at radius 2 is 1.80 bits per heavy atom. The van der Waals surface area contributed by atoms with Gasteiger partial charge in [0.25, 0.3) is 6.47 Å². The Morgan fingerprint density at radius 1 is 1.13 bits per heavy atom. The van der Waals surface area contributed by atoms with E-state index in [4.69, 9.17) is 0 Å². The van der Waals surface area contributed by atoms with Gasteiger partial charge in [-0.05, 0) is 33.4 Å². The molecule has 0 aliphatic carbocycles. The third-order valence-corrected chi connectivity index (χ3v) is 4.04. The van der Waals surface area contributed by atoms with Crippen LogP contribution in [0.25, 0.3) is 0 Å². The van der Waals surface area contributed by atoms with Crippen molar-refractivity contribution in [3.05, 3.63) is 52.8 Å². The van der Waals surface area contributed by atoms with E-state index in [1.807, 2.05) is 12.1 Å². The van der Waals surface area contributed by atoms with Gasteiger partial charge >= 0.3 is 0 Å². The molecule has 0 fully saturated rings. The van der Waals surface area contributed by atoms with Gasteiger partial charge in [-0.15, -0.1) is 0 Å². The molecular formula is C12H12O2S. The van der Waals surface area contributed by atoms with Crippen LogP contribution in [0.4, 0.5) is 0 Å². The van der Waals surface area contributed by atoms with Crippen molar-refractivity contribution in [2.45, 2.75) is 11.5 Å². The quantitative estimate of drug-likeness (QED) is 0.623. The molecule has 2 nitrogen and oxygen atoms in total. The maximum absolute atomic E-state index is 10.0. The van der Waals surface area contributed by atoms with Crippen LogP contribution in [-0.4, -0.2) is 6.47 Å². The molecule has 1 aromatic rings. The zero-order valence-electron chi connectivity index (χ0n) is 8.17. The van der Waals surface area contributed by atoms with Crippen LogP contribution in [0.15, 0.2) is 52.1 Å². The molecule has 0 atom stereocenters. The van der Waals surface area contributed by atoms with Gasteiger partial charge < -0.3 is 4.74 Å². The minimum absolute atomic E-state index is 0.237. The van der Waals surface area contributed by atoms with Crippen LogP contribution in [0.5, 0.6) is 0 Å². The number of ether oxygens (including phenoxy) is 1. The van der Waals surface area contributed by atoms with Gasteiger partial charge in [0.1, 0.15) is 6.61 Å². The Morgan fingerprint density at radius 3 is 2.40 bits per heavy atom. The highest BCUT2D eigenvalue weighted by molar-refractivity contribution is 8.22. The SMILES string of the molecule is O=COCc1ccc([SH]2C=CC=C2)cc1. The van der Waals surface area contributed by atoms with Crippen LogP contribution in [0.2, 0.25) is 0 Å². The molecule has 0 amide bonds. The van der Waals surface area contributed by atoms with Crippen LogP contribution in [0.3, 0.4) is 0 Å². The number of rotatable bonds is 4. The van der Waals surface area contributed by atoms with Crippen molar-refractivity contribution in [2.24, 2.45) is 0 Å². The molecule has 0 saturated heterocycles. The first-order valence-electron chi connectivity index (χ1n) is 4.68. The van der Waals surface area contributed by atoms with Gasteiger partial charge in [-0.1, -0.05) is 24.3 Å². The number of carbonyl (C=O) groups excluding carboxylic acids is 1. The molecule has 3 heteroatoms. The van der Waals surface area contributed by atoms with E-state index in [1.165, 1.54) is 4.90 Å². The van der Waals surface area contributed by atoms with Crippen LogP contribution >= 0.6 is 10.9 Å². The van der Waals surface area contributed by atoms with E-state index in [9.17, 15) is 4.79 Å². The summed E-state index contributed by atoms with van der Waals surface area (Å²) in [7, 11) is -0.237. The normalized spacial score (nSPS) is 15.6. The van der Waals surface area contributed by atoms with Gasteiger partial charge in [0.15, 0.2) is 0 Å². The monoisotopic (exact) mass is 220 g/mol. The molecule has 1 aliphatic heterocycles. The Hall–Kier alpha value is -1.48. The lowest BCUT2D eigenvalue weighted by Gasteiger charge is -2.10. The summed E-state index contributed by atoms with van der Waals surface area (Å²) in [6.45, 7) is 0.827. The van der Waals surface area contributed by atoms with E-state index >= 15 is 0 Å². The van der Waals surface area contributed by atoms with E-state index in [-0.39, 0.29) is 10.9 Å². The maximum Gasteiger partial charge on any atom is 0.293 e. The molecule has 0 unspecified atom stereocenters. The molecule has 1 heterocycles. The second-order valence-corrected chi connectivity index (χ2v) is 5.09. The standard InChI is InChI=1S/C12H12O2S/c13-10-14-9-11-3-5-12(6-4-11)15-7-1-2-8-15/h1-8,10,15H,9H2. The van der Waals surface area contributed by atoms with E-state index in [0.717, 1.165) is 5.56 Å². The van der Waals surface area contributed by atoms with E-state index < -0.39 is 0 Å². The first-order valence-corrected chi connectivity index (χ1v) is 6.16. The smallest absolute Gasteiger partial charge is 0.293 e. The van der Waals surface area contributed by atoms with Crippen LogP contribution in [0, 0.1) is 0 Å². The molecular weight excluding hydrogens is 208 g/mol. The molecule has 1 aliphatic rings. The summed E-state index contributed by atoms with van der Waals surface area (Å²) in [6, 6.07) is 8.19. The molecule has 0 aromatic heterocycles. The third kappa shape index (κ3) is 2.50. The lowest BCUT2D eigenvalue weighted by molar-refractivity contribution is -0.129. The summed E-state index contributed by atoms with van der Waals surface area (Å²) in [5, 5.41) is 4.43. The number of carbonyl (C=O) groups is 1. The molecule has 0 N–H and O–H groups in total.